The number of benzene rings is 2. The molecule has 124 valence electrons. The molecule has 0 aliphatic rings. The van der Waals surface area contributed by atoms with Crippen molar-refractivity contribution >= 4 is 34.6 Å². The molecule has 0 saturated heterocycles. The molecule has 0 spiro atoms. The van der Waals surface area contributed by atoms with Gasteiger partial charge in [-0.3, -0.25) is 0 Å². The second-order valence-electron chi connectivity index (χ2n) is 5.16. The molecular weight excluding hydrogens is 320 g/mol. The normalized spacial score (nSPS) is 10.6. The molecule has 2 aromatic carbocycles. The first-order chi connectivity index (χ1) is 11.1. The Bertz CT molecular complexity index is 863. The molecule has 0 fully saturated rings. The maximum Gasteiger partial charge on any atom is 0.336 e. The van der Waals surface area contributed by atoms with Crippen LogP contribution in [0.15, 0.2) is 12.1 Å². The van der Waals surface area contributed by atoms with Crippen molar-refractivity contribution in [1.29, 1.82) is 0 Å². The van der Waals surface area contributed by atoms with Crippen LogP contribution in [0.5, 0.6) is 0 Å². The molecule has 8 nitrogen and oxygen atoms in total. The van der Waals surface area contributed by atoms with Crippen molar-refractivity contribution in [2.24, 2.45) is 0 Å². The summed E-state index contributed by atoms with van der Waals surface area (Å²) in [5.41, 5.74) is -1.80. The molecule has 24 heavy (non-hydrogen) atoms. The van der Waals surface area contributed by atoms with Crippen molar-refractivity contribution in [3.05, 3.63) is 45.5 Å². The van der Waals surface area contributed by atoms with Crippen LogP contribution in [0.25, 0.3) is 10.8 Å². The third-order valence-corrected chi connectivity index (χ3v) is 3.85. The topological polar surface area (TPSA) is 149 Å². The van der Waals surface area contributed by atoms with Crippen LogP contribution in [0.2, 0.25) is 0 Å². The molecule has 2 aromatic rings. The number of carboxylic acid groups (broad SMARTS) is 4. The molecule has 0 aromatic heterocycles. The number of fused-ring (bicyclic) bond motifs is 1. The Balaban J connectivity index is 3.13. The van der Waals surface area contributed by atoms with Gasteiger partial charge in [0, 0.05) is 0 Å². The molecule has 0 unspecified atom stereocenters. The van der Waals surface area contributed by atoms with E-state index >= 15 is 0 Å². The highest BCUT2D eigenvalue weighted by molar-refractivity contribution is 6.13. The number of aryl methyl sites for hydroxylation is 2. The van der Waals surface area contributed by atoms with Crippen LogP contribution in [-0.4, -0.2) is 44.3 Å². The second-order valence-corrected chi connectivity index (χ2v) is 5.16. The van der Waals surface area contributed by atoms with Gasteiger partial charge >= 0.3 is 23.9 Å². The fraction of sp³-hybridized carbons (Fsp3) is 0.125. The van der Waals surface area contributed by atoms with E-state index in [9.17, 15) is 39.6 Å². The van der Waals surface area contributed by atoms with E-state index in [1.54, 1.807) is 0 Å². The van der Waals surface area contributed by atoms with E-state index in [0.29, 0.717) is 0 Å². The van der Waals surface area contributed by atoms with Crippen molar-refractivity contribution in [2.45, 2.75) is 13.8 Å². The molecule has 0 aliphatic carbocycles. The predicted molar refractivity (Wildman–Crippen MR) is 81.3 cm³/mol. The van der Waals surface area contributed by atoms with Crippen molar-refractivity contribution in [1.82, 2.24) is 0 Å². The van der Waals surface area contributed by atoms with Gasteiger partial charge in [-0.1, -0.05) is 0 Å². The Kier molecular flexibility index (Phi) is 3.99. The van der Waals surface area contributed by atoms with Gasteiger partial charge in [0.25, 0.3) is 0 Å². The van der Waals surface area contributed by atoms with Gasteiger partial charge in [0.15, 0.2) is 0 Å². The first-order valence-corrected chi connectivity index (χ1v) is 6.62. The SMILES string of the molecule is Cc1c(C(=O)O)c(C(=O)O)c(C)c2cc(C(=O)O)c(C(=O)O)cc12. The molecule has 0 aliphatic heterocycles. The van der Waals surface area contributed by atoms with Crippen LogP contribution in [0.1, 0.15) is 52.6 Å². The average molecular weight is 332 g/mol. The molecule has 0 atom stereocenters. The minimum absolute atomic E-state index is 0.0555. The Morgan fingerprint density at radius 3 is 1.12 bits per heavy atom. The fourth-order valence-electron chi connectivity index (χ4n) is 2.75. The van der Waals surface area contributed by atoms with E-state index < -0.39 is 46.1 Å². The van der Waals surface area contributed by atoms with Gasteiger partial charge in [-0.25, -0.2) is 19.2 Å². The van der Waals surface area contributed by atoms with Crippen LogP contribution in [0.4, 0.5) is 0 Å². The summed E-state index contributed by atoms with van der Waals surface area (Å²) in [5.74, 6) is -5.89. The molecule has 0 bridgehead atoms. The van der Waals surface area contributed by atoms with Crippen LogP contribution < -0.4 is 0 Å². The standard InChI is InChI=1S/C16H12O8/c1-5-7-3-9(13(17)18)10(14(19)20)4-8(7)6(2)12(16(23)24)11(5)15(21)22/h3-4H,1-2H3,(H,17,18)(H,19,20)(H,21,22)(H,23,24). The summed E-state index contributed by atoms with van der Waals surface area (Å²) >= 11 is 0. The van der Waals surface area contributed by atoms with E-state index in [2.05, 4.69) is 0 Å². The van der Waals surface area contributed by atoms with E-state index in [-0.39, 0.29) is 21.9 Å². The first kappa shape index (κ1) is 16.9. The third kappa shape index (κ3) is 2.43. The van der Waals surface area contributed by atoms with Crippen molar-refractivity contribution < 1.29 is 39.6 Å². The maximum atomic E-state index is 11.5. The molecule has 4 N–H and O–H groups in total. The van der Waals surface area contributed by atoms with Crippen LogP contribution in [0.3, 0.4) is 0 Å². The summed E-state index contributed by atoms with van der Waals surface area (Å²) in [4.78, 5) is 45.5. The Labute approximate surface area is 134 Å². The first-order valence-electron chi connectivity index (χ1n) is 6.62. The number of hydrogen-bond acceptors (Lipinski definition) is 4. The highest BCUT2D eigenvalue weighted by atomic mass is 16.4. The van der Waals surface area contributed by atoms with E-state index in [1.807, 2.05) is 0 Å². The molecule has 8 heteroatoms. The number of carbonyl (C=O) groups is 4. The van der Waals surface area contributed by atoms with E-state index in [4.69, 9.17) is 0 Å². The zero-order valence-electron chi connectivity index (χ0n) is 12.6. The lowest BCUT2D eigenvalue weighted by Crippen LogP contribution is -2.14. The number of aromatic carboxylic acids is 4. The fourth-order valence-corrected chi connectivity index (χ4v) is 2.75. The quantitative estimate of drug-likeness (QED) is 0.666. The highest BCUT2D eigenvalue weighted by Crippen LogP contribution is 2.32. The minimum Gasteiger partial charge on any atom is -0.478 e. The minimum atomic E-state index is -1.48. The maximum absolute atomic E-state index is 11.5. The largest absolute Gasteiger partial charge is 0.478 e. The molecule has 2 rings (SSSR count). The van der Waals surface area contributed by atoms with Gasteiger partial charge in [-0.05, 0) is 47.9 Å². The lowest BCUT2D eigenvalue weighted by molar-refractivity contribution is 0.0650. The second kappa shape index (κ2) is 5.65. The molecule has 0 saturated carbocycles. The molecular formula is C16H12O8. The third-order valence-electron chi connectivity index (χ3n) is 3.85. The van der Waals surface area contributed by atoms with Crippen LogP contribution in [-0.2, 0) is 0 Å². The van der Waals surface area contributed by atoms with Gasteiger partial charge < -0.3 is 20.4 Å². The summed E-state index contributed by atoms with van der Waals surface area (Å²) in [7, 11) is 0. The number of carboxylic acids is 4. The molecule has 0 amide bonds. The molecule has 0 radical (unpaired) electrons. The van der Waals surface area contributed by atoms with Gasteiger partial charge in [-0.15, -0.1) is 0 Å². The lowest BCUT2D eigenvalue weighted by Gasteiger charge is -2.15. The average Bonchev–Trinajstić information content (AvgIpc) is 2.48. The zero-order valence-corrected chi connectivity index (χ0v) is 12.6. The van der Waals surface area contributed by atoms with E-state index in [1.165, 1.54) is 13.8 Å². The Morgan fingerprint density at radius 1 is 0.625 bits per heavy atom. The summed E-state index contributed by atoms with van der Waals surface area (Å²) in [5, 5.41) is 37.4. The monoisotopic (exact) mass is 332 g/mol. The number of rotatable bonds is 4. The highest BCUT2D eigenvalue weighted by Gasteiger charge is 2.26. The van der Waals surface area contributed by atoms with Gasteiger partial charge in [0.05, 0.1) is 22.3 Å². The van der Waals surface area contributed by atoms with Crippen LogP contribution in [0, 0.1) is 13.8 Å². The summed E-state index contributed by atoms with van der Waals surface area (Å²) < 4.78 is 0. The zero-order chi connectivity index (χ0) is 18.3. The number of hydrogen-bond donors (Lipinski definition) is 4. The predicted octanol–water partition coefficient (Wildman–Crippen LogP) is 2.25. The van der Waals surface area contributed by atoms with E-state index in [0.717, 1.165) is 12.1 Å². The van der Waals surface area contributed by atoms with Crippen molar-refractivity contribution in [2.75, 3.05) is 0 Å². The molecule has 0 heterocycles. The van der Waals surface area contributed by atoms with Gasteiger partial charge in [0.2, 0.25) is 0 Å². The van der Waals surface area contributed by atoms with Crippen molar-refractivity contribution in [3.63, 3.8) is 0 Å². The summed E-state index contributed by atoms with van der Waals surface area (Å²) in [6, 6.07) is 2.11. The van der Waals surface area contributed by atoms with Crippen LogP contribution >= 0.6 is 0 Å². The van der Waals surface area contributed by atoms with Gasteiger partial charge in [-0.2, -0.15) is 0 Å². The lowest BCUT2D eigenvalue weighted by atomic mass is 9.88. The Hall–Kier alpha value is -3.42. The Morgan fingerprint density at radius 2 is 0.917 bits per heavy atom. The summed E-state index contributed by atoms with van der Waals surface area (Å²) in [6.07, 6.45) is 0. The smallest absolute Gasteiger partial charge is 0.336 e. The van der Waals surface area contributed by atoms with Gasteiger partial charge in [0.1, 0.15) is 0 Å². The summed E-state index contributed by atoms with van der Waals surface area (Å²) in [6.45, 7) is 2.70. The van der Waals surface area contributed by atoms with Crippen molar-refractivity contribution in [3.8, 4) is 0 Å².